The molecule has 1 rings (SSSR count). The zero-order valence-corrected chi connectivity index (χ0v) is 8.53. The minimum absolute atomic E-state index is 0.123. The Morgan fingerprint density at radius 1 is 1.38 bits per heavy atom. The molecular weight excluding hydrogens is 166 g/mol. The van der Waals surface area contributed by atoms with Crippen molar-refractivity contribution in [1.82, 2.24) is 5.32 Å². The molecule has 0 saturated heterocycles. The smallest absolute Gasteiger partial charge is 0.0693 e. The first-order valence-corrected chi connectivity index (χ1v) is 5.20. The van der Waals surface area contributed by atoms with E-state index in [1.165, 1.54) is 0 Å². The molecule has 1 unspecified atom stereocenters. The predicted octanol–water partition coefficient (Wildman–Crippen LogP) is 0.506. The first-order chi connectivity index (χ1) is 6.15. The van der Waals surface area contributed by atoms with E-state index >= 15 is 0 Å². The number of aliphatic hydroxyl groups is 2. The molecule has 0 bridgehead atoms. The maximum absolute atomic E-state index is 9.57. The molecule has 1 saturated carbocycles. The van der Waals surface area contributed by atoms with Gasteiger partial charge < -0.3 is 15.5 Å². The van der Waals surface area contributed by atoms with Gasteiger partial charge in [-0.05, 0) is 25.2 Å². The van der Waals surface area contributed by atoms with Gasteiger partial charge in [-0.15, -0.1) is 0 Å². The van der Waals surface area contributed by atoms with Crippen LogP contribution in [0, 0.1) is 5.92 Å². The van der Waals surface area contributed by atoms with Crippen molar-refractivity contribution in [1.29, 1.82) is 0 Å². The van der Waals surface area contributed by atoms with Gasteiger partial charge >= 0.3 is 0 Å². The van der Waals surface area contributed by atoms with Crippen LogP contribution in [0.25, 0.3) is 0 Å². The van der Waals surface area contributed by atoms with Crippen molar-refractivity contribution in [2.75, 3.05) is 6.61 Å². The molecule has 13 heavy (non-hydrogen) atoms. The molecule has 0 amide bonds. The molecule has 1 aliphatic rings. The van der Waals surface area contributed by atoms with E-state index in [-0.39, 0.29) is 24.8 Å². The lowest BCUT2D eigenvalue weighted by atomic mass is 10.0. The summed E-state index contributed by atoms with van der Waals surface area (Å²) in [4.78, 5) is 0. The molecule has 3 N–H and O–H groups in total. The van der Waals surface area contributed by atoms with E-state index in [4.69, 9.17) is 5.11 Å². The van der Waals surface area contributed by atoms with Crippen molar-refractivity contribution in [3.63, 3.8) is 0 Å². The van der Waals surface area contributed by atoms with E-state index in [0.717, 1.165) is 19.3 Å². The number of nitrogens with one attached hydrogen (secondary N) is 1. The summed E-state index contributed by atoms with van der Waals surface area (Å²) >= 11 is 0. The number of aliphatic hydroxyl groups excluding tert-OH is 2. The molecule has 0 aromatic carbocycles. The molecule has 3 nitrogen and oxygen atoms in total. The van der Waals surface area contributed by atoms with Gasteiger partial charge in [-0.2, -0.15) is 0 Å². The van der Waals surface area contributed by atoms with Crippen LogP contribution in [0.5, 0.6) is 0 Å². The van der Waals surface area contributed by atoms with E-state index in [1.54, 1.807) is 0 Å². The summed E-state index contributed by atoms with van der Waals surface area (Å²) in [6, 6.07) is 0.317. The highest BCUT2D eigenvalue weighted by Gasteiger charge is 2.27. The normalized spacial score (nSPS) is 31.2. The average Bonchev–Trinajstić information content (AvgIpc) is 2.46. The van der Waals surface area contributed by atoms with E-state index < -0.39 is 0 Å². The van der Waals surface area contributed by atoms with Gasteiger partial charge in [-0.1, -0.05) is 13.8 Å². The van der Waals surface area contributed by atoms with Crippen LogP contribution in [0.1, 0.15) is 33.1 Å². The summed E-state index contributed by atoms with van der Waals surface area (Å²) in [5.74, 6) is 0.415. The lowest BCUT2D eigenvalue weighted by Gasteiger charge is -2.26. The van der Waals surface area contributed by atoms with Gasteiger partial charge in [-0.25, -0.2) is 0 Å². The second-order valence-corrected chi connectivity index (χ2v) is 4.30. The maximum Gasteiger partial charge on any atom is 0.0693 e. The Labute approximate surface area is 80.2 Å². The van der Waals surface area contributed by atoms with Crippen LogP contribution in [0.15, 0.2) is 0 Å². The fraction of sp³-hybridized carbons (Fsp3) is 1.00. The first-order valence-electron chi connectivity index (χ1n) is 5.20. The summed E-state index contributed by atoms with van der Waals surface area (Å²) in [6.45, 7) is 4.31. The highest BCUT2D eigenvalue weighted by atomic mass is 16.3. The van der Waals surface area contributed by atoms with E-state index in [9.17, 15) is 5.11 Å². The van der Waals surface area contributed by atoms with Gasteiger partial charge in [0.05, 0.1) is 12.7 Å². The van der Waals surface area contributed by atoms with Crippen LogP contribution in [-0.2, 0) is 0 Å². The van der Waals surface area contributed by atoms with Crippen molar-refractivity contribution in [3.05, 3.63) is 0 Å². The van der Waals surface area contributed by atoms with Gasteiger partial charge in [0.15, 0.2) is 0 Å². The van der Waals surface area contributed by atoms with Gasteiger partial charge in [0, 0.05) is 12.1 Å². The molecule has 0 aromatic heterocycles. The minimum Gasteiger partial charge on any atom is -0.395 e. The predicted molar refractivity (Wildman–Crippen MR) is 52.5 cm³/mol. The van der Waals surface area contributed by atoms with Gasteiger partial charge in [-0.3, -0.25) is 0 Å². The van der Waals surface area contributed by atoms with Crippen molar-refractivity contribution >= 4 is 0 Å². The standard InChI is InChI=1S/C10H21NO2/c1-7(2)9(6-12)11-8-4-3-5-10(8)13/h7-13H,3-6H2,1-2H3/t8-,9?,10-/m0/s1. The van der Waals surface area contributed by atoms with E-state index in [2.05, 4.69) is 19.2 Å². The van der Waals surface area contributed by atoms with Crippen LogP contribution < -0.4 is 5.32 Å². The van der Waals surface area contributed by atoms with Crippen LogP contribution >= 0.6 is 0 Å². The number of hydrogen-bond acceptors (Lipinski definition) is 3. The van der Waals surface area contributed by atoms with E-state index in [0.29, 0.717) is 5.92 Å². The topological polar surface area (TPSA) is 52.5 Å². The van der Waals surface area contributed by atoms with Gasteiger partial charge in [0.1, 0.15) is 0 Å². The zero-order valence-electron chi connectivity index (χ0n) is 8.53. The van der Waals surface area contributed by atoms with Gasteiger partial charge in [0.25, 0.3) is 0 Å². The molecule has 1 aliphatic carbocycles. The largest absolute Gasteiger partial charge is 0.395 e. The van der Waals surface area contributed by atoms with Crippen LogP contribution in [0.3, 0.4) is 0 Å². The highest BCUT2D eigenvalue weighted by Crippen LogP contribution is 2.20. The quantitative estimate of drug-likeness (QED) is 0.601. The lowest BCUT2D eigenvalue weighted by Crippen LogP contribution is -2.46. The molecule has 0 aromatic rings. The molecule has 0 heterocycles. The summed E-state index contributed by atoms with van der Waals surface area (Å²) in [5.41, 5.74) is 0. The Bertz CT molecular complexity index is 150. The third-order valence-electron chi connectivity index (χ3n) is 2.91. The van der Waals surface area contributed by atoms with Crippen molar-refractivity contribution < 1.29 is 10.2 Å². The van der Waals surface area contributed by atoms with Crippen molar-refractivity contribution in [2.45, 2.75) is 51.3 Å². The molecule has 0 spiro atoms. The molecular formula is C10H21NO2. The summed E-state index contributed by atoms with van der Waals surface area (Å²) in [5, 5.41) is 22.0. The Kier molecular flexibility index (Phi) is 4.16. The monoisotopic (exact) mass is 187 g/mol. The summed E-state index contributed by atoms with van der Waals surface area (Å²) in [6.07, 6.45) is 2.81. The lowest BCUT2D eigenvalue weighted by molar-refractivity contribution is 0.122. The highest BCUT2D eigenvalue weighted by molar-refractivity contribution is 4.86. The van der Waals surface area contributed by atoms with E-state index in [1.807, 2.05) is 0 Å². The first kappa shape index (κ1) is 11.0. The fourth-order valence-electron chi connectivity index (χ4n) is 1.87. The second kappa shape index (κ2) is 4.94. The summed E-state index contributed by atoms with van der Waals surface area (Å²) < 4.78 is 0. The number of rotatable bonds is 4. The fourth-order valence-corrected chi connectivity index (χ4v) is 1.87. The number of hydrogen-bond donors (Lipinski definition) is 3. The van der Waals surface area contributed by atoms with Crippen LogP contribution in [-0.4, -0.2) is 35.0 Å². The van der Waals surface area contributed by atoms with Gasteiger partial charge in [0.2, 0.25) is 0 Å². The molecule has 0 radical (unpaired) electrons. The Hall–Kier alpha value is -0.120. The third-order valence-corrected chi connectivity index (χ3v) is 2.91. The molecule has 78 valence electrons. The molecule has 3 atom stereocenters. The Balaban J connectivity index is 2.36. The zero-order chi connectivity index (χ0) is 9.84. The second-order valence-electron chi connectivity index (χ2n) is 4.30. The summed E-state index contributed by atoms with van der Waals surface area (Å²) in [7, 11) is 0. The SMILES string of the molecule is CC(C)C(CO)N[C@H]1CCC[C@@H]1O. The third kappa shape index (κ3) is 2.93. The molecule has 0 aliphatic heterocycles. The Morgan fingerprint density at radius 2 is 2.08 bits per heavy atom. The van der Waals surface area contributed by atoms with Crippen LogP contribution in [0.2, 0.25) is 0 Å². The minimum atomic E-state index is -0.215. The van der Waals surface area contributed by atoms with Crippen molar-refractivity contribution in [3.8, 4) is 0 Å². The maximum atomic E-state index is 9.57. The van der Waals surface area contributed by atoms with Crippen molar-refractivity contribution in [2.24, 2.45) is 5.92 Å². The average molecular weight is 187 g/mol. The van der Waals surface area contributed by atoms with Crippen LogP contribution in [0.4, 0.5) is 0 Å². The Morgan fingerprint density at radius 3 is 2.46 bits per heavy atom. The molecule has 1 fully saturated rings. The molecule has 3 heteroatoms.